The highest BCUT2D eigenvalue weighted by atomic mass is 79.9. The zero-order valence-corrected chi connectivity index (χ0v) is 12.4. The molecular weight excluding hydrogens is 319 g/mol. The molecule has 2 nitrogen and oxygen atoms in total. The van der Waals surface area contributed by atoms with E-state index in [0.29, 0.717) is 0 Å². The summed E-state index contributed by atoms with van der Waals surface area (Å²) in [6.45, 7) is 1.96. The fourth-order valence-electron chi connectivity index (χ4n) is 2.12. The molecule has 0 radical (unpaired) electrons. The van der Waals surface area contributed by atoms with E-state index in [1.165, 1.54) is 12.1 Å². The molecule has 1 N–H and O–H groups in total. The minimum absolute atomic E-state index is 0.242. The van der Waals surface area contributed by atoms with Gasteiger partial charge in [-0.25, -0.2) is 4.39 Å². The molecule has 3 aromatic rings. The minimum atomic E-state index is -0.242. The monoisotopic (exact) mass is 330 g/mol. The summed E-state index contributed by atoms with van der Waals surface area (Å²) >= 11 is 3.47. The van der Waals surface area contributed by atoms with Gasteiger partial charge in [0.05, 0.1) is 5.52 Å². The second-order valence-corrected chi connectivity index (χ2v) is 5.52. The molecule has 0 atom stereocenters. The number of halogens is 2. The number of fused-ring (bicyclic) bond motifs is 1. The van der Waals surface area contributed by atoms with Gasteiger partial charge in [-0.15, -0.1) is 0 Å². The van der Waals surface area contributed by atoms with Crippen molar-refractivity contribution in [3.05, 3.63) is 64.5 Å². The Morgan fingerprint density at radius 3 is 2.55 bits per heavy atom. The molecule has 0 aliphatic heterocycles. The summed E-state index contributed by atoms with van der Waals surface area (Å²) in [5.41, 5.74) is 3.67. The van der Waals surface area contributed by atoms with E-state index in [-0.39, 0.29) is 5.82 Å². The predicted octanol–water partition coefficient (Wildman–Crippen LogP) is 5.19. The van der Waals surface area contributed by atoms with Crippen molar-refractivity contribution in [2.45, 2.75) is 6.92 Å². The van der Waals surface area contributed by atoms with Gasteiger partial charge in [0.25, 0.3) is 0 Å². The summed E-state index contributed by atoms with van der Waals surface area (Å²) in [6, 6.07) is 14.3. The molecule has 0 aliphatic carbocycles. The zero-order valence-electron chi connectivity index (χ0n) is 10.8. The Bertz CT molecular complexity index is 769. The van der Waals surface area contributed by atoms with Gasteiger partial charge < -0.3 is 5.32 Å². The lowest BCUT2D eigenvalue weighted by atomic mass is 10.1. The molecule has 1 heterocycles. The second kappa shape index (κ2) is 5.21. The highest BCUT2D eigenvalue weighted by Crippen LogP contribution is 2.28. The summed E-state index contributed by atoms with van der Waals surface area (Å²) < 4.78 is 13.9. The SMILES string of the molecule is Cc1cc(Nc2ccc(F)cc2)c2cc(Br)ccc2n1. The highest BCUT2D eigenvalue weighted by Gasteiger charge is 2.05. The average Bonchev–Trinajstić information content (AvgIpc) is 2.42. The van der Waals surface area contributed by atoms with E-state index >= 15 is 0 Å². The third-order valence-electron chi connectivity index (χ3n) is 3.02. The molecule has 0 unspecified atom stereocenters. The van der Waals surface area contributed by atoms with Crippen LogP contribution >= 0.6 is 15.9 Å². The van der Waals surface area contributed by atoms with E-state index in [1.54, 1.807) is 12.1 Å². The van der Waals surface area contributed by atoms with Gasteiger partial charge in [0.2, 0.25) is 0 Å². The Balaban J connectivity index is 2.10. The Kier molecular flexibility index (Phi) is 3.40. The first-order valence-electron chi connectivity index (χ1n) is 6.21. The molecule has 4 heteroatoms. The standard InChI is InChI=1S/C16H12BrFN2/c1-10-8-16(20-13-5-3-12(18)4-6-13)14-9-11(17)2-7-15(14)19-10/h2-9H,1H3,(H,19,20). The van der Waals surface area contributed by atoms with Crippen molar-refractivity contribution >= 4 is 38.2 Å². The normalized spacial score (nSPS) is 10.8. The number of anilines is 2. The quantitative estimate of drug-likeness (QED) is 0.699. The molecule has 100 valence electrons. The van der Waals surface area contributed by atoms with Crippen LogP contribution in [0, 0.1) is 12.7 Å². The van der Waals surface area contributed by atoms with Crippen LogP contribution in [0.2, 0.25) is 0 Å². The van der Waals surface area contributed by atoms with Gasteiger partial charge >= 0.3 is 0 Å². The minimum Gasteiger partial charge on any atom is -0.355 e. The molecule has 0 saturated heterocycles. The molecule has 0 fully saturated rings. The Labute approximate surface area is 124 Å². The molecule has 0 aliphatic rings. The maximum Gasteiger partial charge on any atom is 0.123 e. The number of aryl methyl sites for hydroxylation is 1. The highest BCUT2D eigenvalue weighted by molar-refractivity contribution is 9.10. The number of pyridine rings is 1. The predicted molar refractivity (Wildman–Crippen MR) is 83.9 cm³/mol. The number of hydrogen-bond acceptors (Lipinski definition) is 2. The first-order valence-corrected chi connectivity index (χ1v) is 7.00. The average molecular weight is 331 g/mol. The van der Waals surface area contributed by atoms with Gasteiger partial charge in [-0.2, -0.15) is 0 Å². The molecule has 3 rings (SSSR count). The van der Waals surface area contributed by atoms with Gasteiger partial charge in [-0.3, -0.25) is 4.98 Å². The molecule has 0 spiro atoms. The van der Waals surface area contributed by atoms with Crippen LogP contribution in [0.1, 0.15) is 5.69 Å². The molecule has 0 bridgehead atoms. The number of nitrogens with one attached hydrogen (secondary N) is 1. The Morgan fingerprint density at radius 1 is 1.05 bits per heavy atom. The van der Waals surface area contributed by atoms with E-state index in [0.717, 1.165) is 32.4 Å². The lowest BCUT2D eigenvalue weighted by Crippen LogP contribution is -1.95. The van der Waals surface area contributed by atoms with Crippen LogP contribution in [0.5, 0.6) is 0 Å². The number of aromatic nitrogens is 1. The van der Waals surface area contributed by atoms with Crippen molar-refractivity contribution < 1.29 is 4.39 Å². The summed E-state index contributed by atoms with van der Waals surface area (Å²) in [7, 11) is 0. The maximum atomic E-state index is 13.0. The summed E-state index contributed by atoms with van der Waals surface area (Å²) in [5, 5.41) is 4.34. The van der Waals surface area contributed by atoms with Gasteiger partial charge in [0, 0.05) is 26.9 Å². The fourth-order valence-corrected chi connectivity index (χ4v) is 2.48. The summed E-state index contributed by atoms with van der Waals surface area (Å²) in [4.78, 5) is 4.51. The van der Waals surface area contributed by atoms with Crippen molar-refractivity contribution in [3.63, 3.8) is 0 Å². The molecule has 20 heavy (non-hydrogen) atoms. The molecule has 1 aromatic heterocycles. The second-order valence-electron chi connectivity index (χ2n) is 4.60. The lowest BCUT2D eigenvalue weighted by Gasteiger charge is -2.11. The van der Waals surface area contributed by atoms with Crippen LogP contribution in [-0.4, -0.2) is 4.98 Å². The third-order valence-corrected chi connectivity index (χ3v) is 3.52. The van der Waals surface area contributed by atoms with Gasteiger partial charge in [0.1, 0.15) is 5.82 Å². The van der Waals surface area contributed by atoms with Crippen molar-refractivity contribution in [2.75, 3.05) is 5.32 Å². The largest absolute Gasteiger partial charge is 0.355 e. The van der Waals surface area contributed by atoms with Gasteiger partial charge in [-0.1, -0.05) is 15.9 Å². The smallest absolute Gasteiger partial charge is 0.123 e. The summed E-state index contributed by atoms with van der Waals surface area (Å²) in [6.07, 6.45) is 0. The first-order chi connectivity index (χ1) is 9.61. The van der Waals surface area contributed by atoms with Crippen LogP contribution in [0.4, 0.5) is 15.8 Å². The maximum absolute atomic E-state index is 13.0. The third kappa shape index (κ3) is 2.65. The molecular formula is C16H12BrFN2. The van der Waals surface area contributed by atoms with Crippen molar-refractivity contribution in [3.8, 4) is 0 Å². The Morgan fingerprint density at radius 2 is 1.80 bits per heavy atom. The van der Waals surface area contributed by atoms with E-state index in [4.69, 9.17) is 0 Å². The van der Waals surface area contributed by atoms with E-state index in [9.17, 15) is 4.39 Å². The van der Waals surface area contributed by atoms with E-state index < -0.39 is 0 Å². The fraction of sp³-hybridized carbons (Fsp3) is 0.0625. The van der Waals surface area contributed by atoms with E-state index in [1.807, 2.05) is 31.2 Å². The van der Waals surface area contributed by atoms with Crippen LogP contribution in [0.15, 0.2) is 53.0 Å². The number of hydrogen-bond donors (Lipinski definition) is 1. The topological polar surface area (TPSA) is 24.9 Å². The van der Waals surface area contributed by atoms with Crippen molar-refractivity contribution in [1.29, 1.82) is 0 Å². The van der Waals surface area contributed by atoms with Crippen LogP contribution in [-0.2, 0) is 0 Å². The van der Waals surface area contributed by atoms with E-state index in [2.05, 4.69) is 26.2 Å². The van der Waals surface area contributed by atoms with Crippen molar-refractivity contribution in [1.82, 2.24) is 4.98 Å². The van der Waals surface area contributed by atoms with Crippen LogP contribution in [0.25, 0.3) is 10.9 Å². The first kappa shape index (κ1) is 13.1. The van der Waals surface area contributed by atoms with Crippen molar-refractivity contribution in [2.24, 2.45) is 0 Å². The number of rotatable bonds is 2. The Hall–Kier alpha value is -1.94. The summed E-state index contributed by atoms with van der Waals surface area (Å²) in [5.74, 6) is -0.242. The number of nitrogens with zero attached hydrogens (tertiary/aromatic N) is 1. The molecule has 0 amide bonds. The molecule has 0 saturated carbocycles. The zero-order chi connectivity index (χ0) is 14.1. The molecule has 2 aromatic carbocycles. The van der Waals surface area contributed by atoms with Crippen LogP contribution < -0.4 is 5.32 Å². The number of benzene rings is 2. The van der Waals surface area contributed by atoms with Crippen LogP contribution in [0.3, 0.4) is 0 Å². The van der Waals surface area contributed by atoms with Gasteiger partial charge in [0.15, 0.2) is 0 Å². The van der Waals surface area contributed by atoms with Gasteiger partial charge in [-0.05, 0) is 55.5 Å². The lowest BCUT2D eigenvalue weighted by molar-refractivity contribution is 0.628.